The lowest BCUT2D eigenvalue weighted by Gasteiger charge is -2.26. The summed E-state index contributed by atoms with van der Waals surface area (Å²) in [5.74, 6) is 0.688. The smallest absolute Gasteiger partial charge is 0.176 e. The first kappa shape index (κ1) is 15.0. The Morgan fingerprint density at radius 3 is 2.33 bits per heavy atom. The van der Waals surface area contributed by atoms with Crippen LogP contribution in [-0.4, -0.2) is 52.3 Å². The second-order valence-electron chi connectivity index (χ2n) is 3.84. The van der Waals surface area contributed by atoms with Crippen molar-refractivity contribution in [1.29, 1.82) is 0 Å². The molecule has 0 aromatic carbocycles. The number of aromatic nitrogens is 4. The third-order valence-electron chi connectivity index (χ3n) is 2.41. The first-order chi connectivity index (χ1) is 8.71. The molecule has 104 valence electrons. The van der Waals surface area contributed by atoms with E-state index in [1.54, 1.807) is 7.05 Å². The van der Waals surface area contributed by atoms with Gasteiger partial charge in [0, 0.05) is 19.6 Å². The van der Waals surface area contributed by atoms with Crippen LogP contribution in [0.1, 0.15) is 26.6 Å². The number of likely N-dealkylation sites (N-methyl/N-ethyl adjacent to an activating group) is 1. The van der Waals surface area contributed by atoms with Crippen molar-refractivity contribution in [2.45, 2.75) is 39.5 Å². The van der Waals surface area contributed by atoms with Gasteiger partial charge in [0.05, 0.1) is 13.1 Å². The Labute approximate surface area is 108 Å². The van der Waals surface area contributed by atoms with Crippen LogP contribution in [0.2, 0.25) is 0 Å². The molecule has 7 heteroatoms. The molecule has 1 unspecified atom stereocenters. The Bertz CT molecular complexity index is 325. The predicted molar refractivity (Wildman–Crippen MR) is 67.0 cm³/mol. The molecule has 0 aliphatic heterocycles. The molecule has 1 aromatic rings. The Hall–Kier alpha value is -1.05. The summed E-state index contributed by atoms with van der Waals surface area (Å²) < 4.78 is 11.2. The molecule has 0 spiro atoms. The van der Waals surface area contributed by atoms with Crippen LogP contribution in [0.3, 0.4) is 0 Å². The van der Waals surface area contributed by atoms with E-state index in [2.05, 4.69) is 20.7 Å². The molecule has 0 radical (unpaired) electrons. The monoisotopic (exact) mass is 257 g/mol. The maximum Gasteiger partial charge on any atom is 0.176 e. The second-order valence-corrected chi connectivity index (χ2v) is 3.84. The molecule has 1 heterocycles. The number of aryl methyl sites for hydroxylation is 1. The number of hydrogen-bond donors (Lipinski definition) is 1. The number of nitrogens with zero attached hydrogens (tertiary/aromatic N) is 4. The van der Waals surface area contributed by atoms with E-state index < -0.39 is 0 Å². The van der Waals surface area contributed by atoms with Gasteiger partial charge in [-0.25, -0.2) is 0 Å². The molecular weight excluding hydrogens is 234 g/mol. The zero-order chi connectivity index (χ0) is 13.4. The summed E-state index contributed by atoms with van der Waals surface area (Å²) >= 11 is 0. The number of hydrogen-bond acceptors (Lipinski definition) is 6. The summed E-state index contributed by atoms with van der Waals surface area (Å²) in [5.41, 5.74) is 0. The fraction of sp³-hybridized carbons (Fsp3) is 0.909. The summed E-state index contributed by atoms with van der Waals surface area (Å²) in [6, 6.07) is 0.0269. The molecular formula is C11H23N5O2. The number of ether oxygens (including phenoxy) is 2. The highest BCUT2D eigenvalue weighted by Gasteiger charge is 2.23. The topological polar surface area (TPSA) is 74.1 Å². The van der Waals surface area contributed by atoms with Crippen LogP contribution in [0.15, 0.2) is 0 Å². The highest BCUT2D eigenvalue weighted by Crippen LogP contribution is 2.07. The van der Waals surface area contributed by atoms with E-state index in [9.17, 15) is 0 Å². The van der Waals surface area contributed by atoms with Crippen LogP contribution in [0.4, 0.5) is 0 Å². The van der Waals surface area contributed by atoms with Crippen molar-refractivity contribution < 1.29 is 9.47 Å². The molecule has 0 aliphatic rings. The van der Waals surface area contributed by atoms with Gasteiger partial charge in [-0.1, -0.05) is 6.92 Å². The maximum absolute atomic E-state index is 5.61. The van der Waals surface area contributed by atoms with Gasteiger partial charge in [0.1, 0.15) is 0 Å². The molecule has 0 saturated carbocycles. The summed E-state index contributed by atoms with van der Waals surface area (Å²) in [7, 11) is 1.75. The third-order valence-corrected chi connectivity index (χ3v) is 2.41. The molecule has 1 aromatic heterocycles. The minimum absolute atomic E-state index is 0.0269. The third kappa shape index (κ3) is 4.67. The summed E-state index contributed by atoms with van der Waals surface area (Å²) in [4.78, 5) is 1.45. The van der Waals surface area contributed by atoms with Gasteiger partial charge >= 0.3 is 0 Å². The fourth-order valence-electron chi connectivity index (χ4n) is 1.74. The molecule has 0 fully saturated rings. The highest BCUT2D eigenvalue weighted by molar-refractivity contribution is 4.86. The van der Waals surface area contributed by atoms with Crippen molar-refractivity contribution in [2.75, 3.05) is 19.8 Å². The second kappa shape index (κ2) is 8.12. The van der Waals surface area contributed by atoms with Crippen molar-refractivity contribution >= 4 is 0 Å². The lowest BCUT2D eigenvalue weighted by atomic mass is 10.2. The minimum Gasteiger partial charge on any atom is -0.351 e. The highest BCUT2D eigenvalue weighted by atomic mass is 16.7. The first-order valence-corrected chi connectivity index (χ1v) is 6.40. The number of rotatable bonds is 9. The van der Waals surface area contributed by atoms with Gasteiger partial charge in [0.2, 0.25) is 0 Å². The summed E-state index contributed by atoms with van der Waals surface area (Å²) in [6.07, 6.45) is 0.343. The van der Waals surface area contributed by atoms with Crippen molar-refractivity contribution in [3.8, 4) is 0 Å². The van der Waals surface area contributed by atoms with Crippen LogP contribution < -0.4 is 5.32 Å². The van der Waals surface area contributed by atoms with E-state index in [0.717, 1.165) is 6.54 Å². The van der Waals surface area contributed by atoms with Crippen LogP contribution in [0, 0.1) is 0 Å². The Balaban J connectivity index is 2.66. The van der Waals surface area contributed by atoms with E-state index in [4.69, 9.17) is 9.47 Å². The van der Waals surface area contributed by atoms with Crippen LogP contribution in [-0.2, 0) is 22.9 Å². The fourth-order valence-corrected chi connectivity index (χ4v) is 1.74. The Morgan fingerprint density at radius 2 is 1.89 bits per heavy atom. The number of nitrogens with one attached hydrogen (secondary N) is 1. The zero-order valence-electron chi connectivity index (χ0n) is 11.6. The van der Waals surface area contributed by atoms with E-state index in [1.165, 1.54) is 4.80 Å². The normalized spacial score (nSPS) is 13.2. The van der Waals surface area contributed by atoms with Gasteiger partial charge in [-0.05, 0) is 25.6 Å². The van der Waals surface area contributed by atoms with E-state index >= 15 is 0 Å². The van der Waals surface area contributed by atoms with Gasteiger partial charge in [-0.15, -0.1) is 10.2 Å². The largest absolute Gasteiger partial charge is 0.351 e. The average Bonchev–Trinajstić information content (AvgIpc) is 2.74. The van der Waals surface area contributed by atoms with Crippen molar-refractivity contribution in [3.05, 3.63) is 5.82 Å². The Kier molecular flexibility index (Phi) is 6.77. The number of tetrazole rings is 1. The SMILES string of the molecule is CCNC(Cc1nnn(C)n1)C(OCC)OCC. The van der Waals surface area contributed by atoms with E-state index in [-0.39, 0.29) is 12.3 Å². The molecule has 18 heavy (non-hydrogen) atoms. The Morgan fingerprint density at radius 1 is 1.22 bits per heavy atom. The van der Waals surface area contributed by atoms with Gasteiger partial charge in [0.15, 0.2) is 12.1 Å². The van der Waals surface area contributed by atoms with E-state index in [1.807, 2.05) is 20.8 Å². The quantitative estimate of drug-likeness (QED) is 0.634. The van der Waals surface area contributed by atoms with Gasteiger partial charge in [-0.2, -0.15) is 4.80 Å². The van der Waals surface area contributed by atoms with Crippen molar-refractivity contribution in [3.63, 3.8) is 0 Å². The minimum atomic E-state index is -0.288. The van der Waals surface area contributed by atoms with Gasteiger partial charge in [0.25, 0.3) is 0 Å². The van der Waals surface area contributed by atoms with Crippen molar-refractivity contribution in [1.82, 2.24) is 25.5 Å². The molecule has 0 amide bonds. The molecule has 1 atom stereocenters. The van der Waals surface area contributed by atoms with Gasteiger partial charge < -0.3 is 14.8 Å². The summed E-state index contributed by atoms with van der Waals surface area (Å²) in [5, 5.41) is 15.3. The molecule has 7 nitrogen and oxygen atoms in total. The van der Waals surface area contributed by atoms with Crippen LogP contribution in [0.25, 0.3) is 0 Å². The van der Waals surface area contributed by atoms with Gasteiger partial charge in [-0.3, -0.25) is 0 Å². The molecule has 1 N–H and O–H groups in total. The molecule has 0 saturated heterocycles. The molecule has 0 aliphatic carbocycles. The van der Waals surface area contributed by atoms with Crippen LogP contribution >= 0.6 is 0 Å². The average molecular weight is 257 g/mol. The first-order valence-electron chi connectivity index (χ1n) is 6.40. The lowest BCUT2D eigenvalue weighted by Crippen LogP contribution is -2.44. The molecule has 0 bridgehead atoms. The standard InChI is InChI=1S/C11H23N5O2/c1-5-12-9(11(17-6-2)18-7-3)8-10-13-15-16(4)14-10/h9,11-12H,5-8H2,1-4H3. The van der Waals surface area contributed by atoms with Crippen molar-refractivity contribution in [2.24, 2.45) is 7.05 Å². The maximum atomic E-state index is 5.61. The van der Waals surface area contributed by atoms with E-state index in [0.29, 0.717) is 25.5 Å². The van der Waals surface area contributed by atoms with Crippen LogP contribution in [0.5, 0.6) is 0 Å². The zero-order valence-corrected chi connectivity index (χ0v) is 11.6. The molecule has 1 rings (SSSR count). The predicted octanol–water partition coefficient (Wildman–Crippen LogP) is 0.130. The summed E-state index contributed by atoms with van der Waals surface area (Å²) in [6.45, 7) is 8.01. The lowest BCUT2D eigenvalue weighted by molar-refractivity contribution is -0.153.